The van der Waals surface area contributed by atoms with Crippen molar-refractivity contribution >= 4 is 23.4 Å². The van der Waals surface area contributed by atoms with E-state index in [0.29, 0.717) is 17.0 Å². The number of rotatable bonds is 9. The number of anilines is 1. The summed E-state index contributed by atoms with van der Waals surface area (Å²) in [5.41, 5.74) is 0.879. The molecule has 0 radical (unpaired) electrons. The van der Waals surface area contributed by atoms with Crippen molar-refractivity contribution in [3.05, 3.63) is 54.0 Å². The molecule has 0 fully saturated rings. The second-order valence-corrected chi connectivity index (χ2v) is 7.13. The van der Waals surface area contributed by atoms with Gasteiger partial charge in [-0.2, -0.15) is 0 Å². The lowest BCUT2D eigenvalue weighted by molar-refractivity contribution is -0.123. The molecule has 0 aliphatic rings. The molecule has 29 heavy (non-hydrogen) atoms. The number of hydrogen-bond donors (Lipinski definition) is 2. The van der Waals surface area contributed by atoms with E-state index in [0.717, 1.165) is 0 Å². The zero-order valence-electron chi connectivity index (χ0n) is 17.3. The first-order valence-electron chi connectivity index (χ1n) is 9.42. The minimum Gasteiger partial charge on any atom is -0.467 e. The number of amides is 3. The zero-order valence-corrected chi connectivity index (χ0v) is 17.3. The second kappa shape index (κ2) is 10.4. The number of benzene rings is 1. The van der Waals surface area contributed by atoms with Crippen LogP contribution in [0.1, 0.15) is 30.0 Å². The number of nitrogens with zero attached hydrogens (tertiary/aromatic N) is 2. The van der Waals surface area contributed by atoms with Gasteiger partial charge in [0.15, 0.2) is 0 Å². The Bertz CT molecular complexity index is 833. The molecule has 2 rings (SSSR count). The van der Waals surface area contributed by atoms with Crippen LogP contribution in [-0.2, 0) is 16.1 Å². The molecule has 0 spiro atoms. The van der Waals surface area contributed by atoms with Crippen LogP contribution in [0.2, 0.25) is 0 Å². The first-order valence-corrected chi connectivity index (χ1v) is 9.42. The summed E-state index contributed by atoms with van der Waals surface area (Å²) in [5.74, 6) is -0.0327. The van der Waals surface area contributed by atoms with E-state index in [1.807, 2.05) is 13.8 Å². The number of hydrogen-bond acceptors (Lipinski definition) is 5. The smallest absolute Gasteiger partial charge is 0.253 e. The highest BCUT2D eigenvalue weighted by Crippen LogP contribution is 2.19. The Hall–Kier alpha value is -3.13. The van der Waals surface area contributed by atoms with E-state index < -0.39 is 0 Å². The molecule has 1 aromatic carbocycles. The normalized spacial score (nSPS) is 10.8. The van der Waals surface area contributed by atoms with Gasteiger partial charge in [-0.3, -0.25) is 19.3 Å². The highest BCUT2D eigenvalue weighted by Gasteiger charge is 2.20. The van der Waals surface area contributed by atoms with Gasteiger partial charge in [0.25, 0.3) is 5.91 Å². The molecule has 0 bridgehead atoms. The minimum atomic E-state index is -0.304. The van der Waals surface area contributed by atoms with E-state index in [1.54, 1.807) is 61.7 Å². The number of likely N-dealkylation sites (N-methyl/N-ethyl adjacent to an activating group) is 2. The van der Waals surface area contributed by atoms with Crippen molar-refractivity contribution in [3.8, 4) is 0 Å². The van der Waals surface area contributed by atoms with E-state index >= 15 is 0 Å². The van der Waals surface area contributed by atoms with Gasteiger partial charge in [-0.15, -0.1) is 0 Å². The molecule has 0 aliphatic carbocycles. The number of carbonyl (C=O) groups is 3. The van der Waals surface area contributed by atoms with Crippen molar-refractivity contribution in [3.63, 3.8) is 0 Å². The largest absolute Gasteiger partial charge is 0.467 e. The molecule has 156 valence electrons. The topological polar surface area (TPSA) is 94.9 Å². The Morgan fingerprint density at radius 3 is 2.41 bits per heavy atom. The van der Waals surface area contributed by atoms with Crippen molar-refractivity contribution in [2.24, 2.45) is 0 Å². The molecule has 1 aromatic heterocycles. The van der Waals surface area contributed by atoms with Crippen molar-refractivity contribution in [2.75, 3.05) is 32.1 Å². The van der Waals surface area contributed by atoms with Gasteiger partial charge in [0.05, 0.1) is 37.1 Å². The fourth-order valence-corrected chi connectivity index (χ4v) is 2.77. The Labute approximate surface area is 170 Å². The molecule has 0 saturated heterocycles. The van der Waals surface area contributed by atoms with Crippen molar-refractivity contribution in [2.45, 2.75) is 26.4 Å². The Kier molecular flexibility index (Phi) is 7.97. The van der Waals surface area contributed by atoms with Crippen LogP contribution in [-0.4, -0.2) is 55.8 Å². The Morgan fingerprint density at radius 2 is 1.76 bits per heavy atom. The van der Waals surface area contributed by atoms with Crippen LogP contribution >= 0.6 is 0 Å². The number of carbonyl (C=O) groups excluding carboxylic acids is 3. The van der Waals surface area contributed by atoms with Crippen LogP contribution in [0.25, 0.3) is 0 Å². The third-order valence-electron chi connectivity index (χ3n) is 4.16. The van der Waals surface area contributed by atoms with Crippen LogP contribution in [0.15, 0.2) is 47.1 Å². The second-order valence-electron chi connectivity index (χ2n) is 7.13. The summed E-state index contributed by atoms with van der Waals surface area (Å²) in [5, 5.41) is 5.58. The Balaban J connectivity index is 2.00. The molecule has 0 atom stereocenters. The summed E-state index contributed by atoms with van der Waals surface area (Å²) in [6.07, 6.45) is 1.54. The summed E-state index contributed by atoms with van der Waals surface area (Å²) < 4.78 is 5.22. The molecule has 0 aliphatic heterocycles. The molecule has 8 heteroatoms. The fraction of sp³-hybridized carbons (Fsp3) is 0.381. The fourth-order valence-electron chi connectivity index (χ4n) is 2.77. The van der Waals surface area contributed by atoms with E-state index in [4.69, 9.17) is 4.42 Å². The predicted molar refractivity (Wildman–Crippen MR) is 111 cm³/mol. The van der Waals surface area contributed by atoms with Gasteiger partial charge >= 0.3 is 0 Å². The molecular weight excluding hydrogens is 372 g/mol. The molecule has 0 saturated carbocycles. The highest BCUT2D eigenvalue weighted by molar-refractivity contribution is 6.05. The summed E-state index contributed by atoms with van der Waals surface area (Å²) in [6.45, 7) is 4.17. The van der Waals surface area contributed by atoms with E-state index in [9.17, 15) is 14.4 Å². The van der Waals surface area contributed by atoms with E-state index in [1.165, 1.54) is 4.90 Å². The first kappa shape index (κ1) is 22.2. The van der Waals surface area contributed by atoms with Gasteiger partial charge in [0.2, 0.25) is 11.8 Å². The summed E-state index contributed by atoms with van der Waals surface area (Å²) in [6, 6.07) is 10.4. The maximum absolute atomic E-state index is 12.7. The lowest BCUT2D eigenvalue weighted by atomic mass is 10.1. The van der Waals surface area contributed by atoms with Gasteiger partial charge in [-0.05, 0) is 45.2 Å². The van der Waals surface area contributed by atoms with E-state index in [2.05, 4.69) is 10.6 Å². The van der Waals surface area contributed by atoms with Gasteiger partial charge in [0, 0.05) is 13.1 Å². The number of furan rings is 1. The van der Waals surface area contributed by atoms with Crippen molar-refractivity contribution in [1.29, 1.82) is 0 Å². The molecule has 0 unspecified atom stereocenters. The molecule has 3 amide bonds. The van der Waals surface area contributed by atoms with Gasteiger partial charge < -0.3 is 20.0 Å². The molecule has 1 heterocycles. The lowest BCUT2D eigenvalue weighted by Crippen LogP contribution is -2.43. The molecule has 8 nitrogen and oxygen atoms in total. The van der Waals surface area contributed by atoms with Crippen LogP contribution < -0.4 is 15.5 Å². The third kappa shape index (κ3) is 6.76. The monoisotopic (exact) mass is 400 g/mol. The quantitative estimate of drug-likeness (QED) is 0.667. The summed E-state index contributed by atoms with van der Waals surface area (Å²) in [7, 11) is 3.32. The average molecular weight is 400 g/mol. The van der Waals surface area contributed by atoms with Crippen LogP contribution in [0, 0.1) is 0 Å². The Morgan fingerprint density at radius 1 is 1.03 bits per heavy atom. The van der Waals surface area contributed by atoms with Crippen molar-refractivity contribution in [1.82, 2.24) is 15.5 Å². The van der Waals surface area contributed by atoms with Gasteiger partial charge in [-0.1, -0.05) is 12.1 Å². The predicted octanol–water partition coefficient (Wildman–Crippen LogP) is 1.63. The number of para-hydroxylation sites is 1. The summed E-state index contributed by atoms with van der Waals surface area (Å²) in [4.78, 5) is 40.2. The van der Waals surface area contributed by atoms with Crippen LogP contribution in [0.3, 0.4) is 0 Å². The molecule has 2 N–H and O–H groups in total. The van der Waals surface area contributed by atoms with Crippen LogP contribution in [0.4, 0.5) is 5.69 Å². The van der Waals surface area contributed by atoms with E-state index in [-0.39, 0.29) is 43.4 Å². The van der Waals surface area contributed by atoms with Crippen LogP contribution in [0.5, 0.6) is 0 Å². The first-order chi connectivity index (χ1) is 13.8. The maximum Gasteiger partial charge on any atom is 0.253 e. The molecule has 2 aromatic rings. The highest BCUT2D eigenvalue weighted by atomic mass is 16.3. The van der Waals surface area contributed by atoms with Gasteiger partial charge in [0.1, 0.15) is 5.76 Å². The van der Waals surface area contributed by atoms with Gasteiger partial charge in [-0.25, -0.2) is 0 Å². The molecular formula is C21H28N4O4. The zero-order chi connectivity index (χ0) is 21.4. The SMILES string of the molecule is CC(C)NC(=O)CN(C)CC(=O)N(C)c1ccccc1C(=O)NCc1ccco1. The average Bonchev–Trinajstić information content (AvgIpc) is 3.18. The van der Waals surface area contributed by atoms with Crippen molar-refractivity contribution < 1.29 is 18.8 Å². The summed E-state index contributed by atoms with van der Waals surface area (Å²) >= 11 is 0. The minimum absolute atomic E-state index is 0.0424. The standard InChI is InChI=1S/C21H28N4O4/c1-15(2)23-19(26)13-24(3)14-20(27)25(4)18-10-6-5-9-17(18)21(28)22-12-16-8-7-11-29-16/h5-11,15H,12-14H2,1-4H3,(H,22,28)(H,23,26). The maximum atomic E-state index is 12.7. The lowest BCUT2D eigenvalue weighted by Gasteiger charge is -2.23. The third-order valence-corrected chi connectivity index (χ3v) is 4.16. The number of nitrogens with one attached hydrogen (secondary N) is 2.